The van der Waals surface area contributed by atoms with Crippen LogP contribution in [-0.4, -0.2) is 32.1 Å². The molecule has 0 spiro atoms. The molecule has 0 saturated carbocycles. The summed E-state index contributed by atoms with van der Waals surface area (Å²) in [6, 6.07) is 23.2. The molecule has 2 atom stereocenters. The Morgan fingerprint density at radius 2 is 1.69 bits per heavy atom. The first-order valence-electron chi connectivity index (χ1n) is 14.4. The number of halogens is 1. The fourth-order valence-corrected chi connectivity index (χ4v) is 5.92. The Bertz CT molecular complexity index is 1510. The van der Waals surface area contributed by atoms with Crippen LogP contribution < -0.4 is 14.8 Å². The number of allylic oxidation sites excluding steroid dienone is 3. The first-order valence-corrected chi connectivity index (χ1v) is 14.8. The maximum Gasteiger partial charge on any atom is 0.336 e. The van der Waals surface area contributed by atoms with Gasteiger partial charge < -0.3 is 19.5 Å². The van der Waals surface area contributed by atoms with Gasteiger partial charge >= 0.3 is 5.97 Å². The number of esters is 1. The van der Waals surface area contributed by atoms with Crippen molar-refractivity contribution in [3.63, 3.8) is 0 Å². The van der Waals surface area contributed by atoms with Crippen LogP contribution in [0, 0.1) is 0 Å². The van der Waals surface area contributed by atoms with Gasteiger partial charge in [-0.2, -0.15) is 0 Å². The maximum absolute atomic E-state index is 13.9. The molecule has 3 aromatic rings. The Morgan fingerprint density at radius 1 is 0.952 bits per heavy atom. The molecule has 6 nitrogen and oxygen atoms in total. The van der Waals surface area contributed by atoms with E-state index in [0.717, 1.165) is 28.8 Å². The van der Waals surface area contributed by atoms with E-state index in [1.165, 1.54) is 0 Å². The van der Waals surface area contributed by atoms with Crippen LogP contribution in [0.25, 0.3) is 0 Å². The summed E-state index contributed by atoms with van der Waals surface area (Å²) in [5.41, 5.74) is 5.47. The zero-order chi connectivity index (χ0) is 29.6. The van der Waals surface area contributed by atoms with Gasteiger partial charge in [0.2, 0.25) is 0 Å². The number of carbonyl (C=O) groups is 2. The van der Waals surface area contributed by atoms with Crippen molar-refractivity contribution in [3.8, 4) is 11.5 Å². The fourth-order valence-electron chi connectivity index (χ4n) is 5.79. The maximum atomic E-state index is 13.9. The third-order valence-corrected chi connectivity index (χ3v) is 8.09. The molecule has 2 aliphatic rings. The van der Waals surface area contributed by atoms with E-state index in [9.17, 15) is 9.59 Å². The summed E-state index contributed by atoms with van der Waals surface area (Å²) in [6.07, 6.45) is 2.44. The van der Waals surface area contributed by atoms with Crippen molar-refractivity contribution in [3.05, 3.63) is 117 Å². The van der Waals surface area contributed by atoms with Crippen LogP contribution in [0.1, 0.15) is 61.6 Å². The molecule has 218 valence electrons. The van der Waals surface area contributed by atoms with Crippen molar-refractivity contribution in [2.75, 3.05) is 20.3 Å². The minimum absolute atomic E-state index is 0.000983. The minimum atomic E-state index is -0.599. The van der Waals surface area contributed by atoms with Gasteiger partial charge in [0, 0.05) is 40.7 Å². The second kappa shape index (κ2) is 13.3. The lowest BCUT2D eigenvalue weighted by atomic mass is 9.71. The summed E-state index contributed by atoms with van der Waals surface area (Å²) in [6.45, 7) is 4.70. The summed E-state index contributed by atoms with van der Waals surface area (Å²) in [4.78, 5) is 27.7. The molecule has 42 heavy (non-hydrogen) atoms. The molecular formula is C35H36ClNO5. The SMILES string of the molecule is CCCOc1ccc([C@@H]2C(C(=O)OCCc3ccccc3)=C(C)NC3=C2C(=O)C[C@H](c2ccc(Cl)cc2)C3)cc1OC. The average Bonchev–Trinajstić information content (AvgIpc) is 3.00. The van der Waals surface area contributed by atoms with Crippen molar-refractivity contribution in [1.82, 2.24) is 5.32 Å². The molecule has 0 amide bonds. The number of ether oxygens (including phenoxy) is 3. The van der Waals surface area contributed by atoms with E-state index < -0.39 is 11.9 Å². The predicted molar refractivity (Wildman–Crippen MR) is 164 cm³/mol. The molecule has 1 N–H and O–H groups in total. The third kappa shape index (κ3) is 6.39. The molecule has 7 heteroatoms. The number of rotatable bonds is 10. The highest BCUT2D eigenvalue weighted by Gasteiger charge is 2.41. The van der Waals surface area contributed by atoms with Gasteiger partial charge in [0.05, 0.1) is 25.9 Å². The molecule has 0 fully saturated rings. The molecule has 5 rings (SSSR count). The number of methoxy groups -OCH3 is 1. The van der Waals surface area contributed by atoms with Crippen LogP contribution in [0.2, 0.25) is 5.02 Å². The molecule has 0 radical (unpaired) electrons. The van der Waals surface area contributed by atoms with Crippen LogP contribution in [0.3, 0.4) is 0 Å². The minimum Gasteiger partial charge on any atom is -0.493 e. The number of hydrogen-bond donors (Lipinski definition) is 1. The topological polar surface area (TPSA) is 73.9 Å². The number of nitrogens with one attached hydrogen (secondary N) is 1. The lowest BCUT2D eigenvalue weighted by Gasteiger charge is -2.37. The van der Waals surface area contributed by atoms with Gasteiger partial charge in [-0.15, -0.1) is 0 Å². The van der Waals surface area contributed by atoms with Crippen LogP contribution >= 0.6 is 11.6 Å². The number of ketones is 1. The van der Waals surface area contributed by atoms with Gasteiger partial charge in [-0.25, -0.2) is 4.79 Å². The average molecular weight is 586 g/mol. The van der Waals surface area contributed by atoms with Crippen molar-refractivity contribution in [2.45, 2.75) is 51.4 Å². The number of dihydropyridines is 1. The molecule has 0 unspecified atom stereocenters. The van der Waals surface area contributed by atoms with E-state index in [1.54, 1.807) is 7.11 Å². The van der Waals surface area contributed by atoms with Crippen LogP contribution in [-0.2, 0) is 20.7 Å². The number of hydrogen-bond acceptors (Lipinski definition) is 6. The second-order valence-electron chi connectivity index (χ2n) is 10.7. The largest absolute Gasteiger partial charge is 0.493 e. The van der Waals surface area contributed by atoms with E-state index in [2.05, 4.69) is 5.32 Å². The van der Waals surface area contributed by atoms with Gasteiger partial charge in [-0.05, 0) is 66.6 Å². The van der Waals surface area contributed by atoms with Gasteiger partial charge in [0.1, 0.15) is 0 Å². The third-order valence-electron chi connectivity index (χ3n) is 7.84. The van der Waals surface area contributed by atoms with Crippen molar-refractivity contribution in [1.29, 1.82) is 0 Å². The smallest absolute Gasteiger partial charge is 0.336 e. The molecule has 0 aromatic heterocycles. The summed E-state index contributed by atoms with van der Waals surface area (Å²) in [5, 5.41) is 4.08. The van der Waals surface area contributed by atoms with Crippen molar-refractivity contribution >= 4 is 23.4 Å². The highest BCUT2D eigenvalue weighted by molar-refractivity contribution is 6.30. The zero-order valence-corrected chi connectivity index (χ0v) is 25.0. The summed E-state index contributed by atoms with van der Waals surface area (Å²) >= 11 is 6.12. The van der Waals surface area contributed by atoms with Gasteiger partial charge in [0.15, 0.2) is 17.3 Å². The molecule has 1 aliphatic heterocycles. The highest BCUT2D eigenvalue weighted by Crippen LogP contribution is 2.47. The lowest BCUT2D eigenvalue weighted by Crippen LogP contribution is -2.36. The number of benzene rings is 3. The van der Waals surface area contributed by atoms with Gasteiger partial charge in [-0.1, -0.05) is 67.1 Å². The Kier molecular flexibility index (Phi) is 9.33. The van der Waals surface area contributed by atoms with Crippen molar-refractivity contribution < 1.29 is 23.8 Å². The normalized spacial score (nSPS) is 18.3. The summed E-state index contributed by atoms with van der Waals surface area (Å²) < 4.78 is 17.4. The number of Topliss-reactive ketones (excluding diaryl/α,β-unsaturated/α-hetero) is 1. The van der Waals surface area contributed by atoms with Gasteiger partial charge in [-0.3, -0.25) is 4.79 Å². The first-order chi connectivity index (χ1) is 20.4. The zero-order valence-electron chi connectivity index (χ0n) is 24.2. The Labute approximate surface area is 252 Å². The van der Waals surface area contributed by atoms with E-state index in [1.807, 2.05) is 86.6 Å². The number of carbonyl (C=O) groups excluding carboxylic acids is 2. The van der Waals surface area contributed by atoms with E-state index >= 15 is 0 Å². The lowest BCUT2D eigenvalue weighted by molar-refractivity contribution is -0.139. The van der Waals surface area contributed by atoms with E-state index in [-0.39, 0.29) is 18.3 Å². The van der Waals surface area contributed by atoms with E-state index in [0.29, 0.717) is 59.2 Å². The summed E-state index contributed by atoms with van der Waals surface area (Å²) in [5.74, 6) is 0.146. The Hall–Kier alpha value is -4.03. The molecule has 3 aromatic carbocycles. The van der Waals surface area contributed by atoms with Crippen LogP contribution in [0.15, 0.2) is 95.3 Å². The van der Waals surface area contributed by atoms with Crippen molar-refractivity contribution in [2.24, 2.45) is 0 Å². The Morgan fingerprint density at radius 3 is 2.40 bits per heavy atom. The second-order valence-corrected chi connectivity index (χ2v) is 11.1. The Balaban J connectivity index is 1.50. The fraction of sp³-hybridized carbons (Fsp3) is 0.314. The van der Waals surface area contributed by atoms with Crippen LogP contribution in [0.5, 0.6) is 11.5 Å². The molecular weight excluding hydrogens is 550 g/mol. The standard InChI is InChI=1S/C35H36ClNO5/c1-4-17-41-30-15-12-25(21-31(30)40-3)33-32(35(39)42-18-16-23-8-6-5-7-9-23)22(2)37-28-19-26(20-29(38)34(28)33)24-10-13-27(36)14-11-24/h5-15,21,26,33,37H,4,16-20H2,1-3H3/t26-,33-/m1/s1. The molecule has 0 bridgehead atoms. The first kappa shape index (κ1) is 29.5. The highest BCUT2D eigenvalue weighted by atomic mass is 35.5. The molecule has 1 aliphatic carbocycles. The van der Waals surface area contributed by atoms with E-state index in [4.69, 9.17) is 25.8 Å². The molecule has 0 saturated heterocycles. The van der Waals surface area contributed by atoms with Crippen LogP contribution in [0.4, 0.5) is 0 Å². The van der Waals surface area contributed by atoms with Gasteiger partial charge in [0.25, 0.3) is 0 Å². The molecule has 1 heterocycles. The monoisotopic (exact) mass is 585 g/mol. The summed E-state index contributed by atoms with van der Waals surface area (Å²) in [7, 11) is 1.59. The quantitative estimate of drug-likeness (QED) is 0.252. The predicted octanol–water partition coefficient (Wildman–Crippen LogP) is 7.28.